The average Bonchev–Trinajstić information content (AvgIpc) is 2.28. The van der Waals surface area contributed by atoms with Crippen LogP contribution in [0.2, 0.25) is 10.0 Å². The first-order chi connectivity index (χ1) is 7.59. The Morgan fingerprint density at radius 3 is 2.44 bits per heavy atom. The topological polar surface area (TPSA) is 34.9 Å². The van der Waals surface area contributed by atoms with Crippen molar-refractivity contribution in [3.63, 3.8) is 0 Å². The van der Waals surface area contributed by atoms with Gasteiger partial charge in [-0.05, 0) is 24.3 Å². The Hall–Kier alpha value is -0.840. The maximum atomic E-state index is 11.7. The lowest BCUT2D eigenvalue weighted by Gasteiger charge is -2.05. The summed E-state index contributed by atoms with van der Waals surface area (Å²) in [6, 6.07) is 7.13. The van der Waals surface area contributed by atoms with Crippen LogP contribution in [0, 0.1) is 0 Å². The van der Waals surface area contributed by atoms with Crippen LogP contribution in [-0.2, 0) is 0 Å². The molecule has 0 amide bonds. The van der Waals surface area contributed by atoms with Crippen molar-refractivity contribution in [3.05, 3.63) is 55.3 Å². The molecule has 1 aromatic heterocycles. The fraction of sp³-hybridized carbons (Fsp3) is 0. The van der Waals surface area contributed by atoms with Gasteiger partial charge in [0.1, 0.15) is 5.02 Å². The Morgan fingerprint density at radius 2 is 1.81 bits per heavy atom. The van der Waals surface area contributed by atoms with Gasteiger partial charge in [0.05, 0.1) is 16.9 Å². The molecule has 0 aliphatic heterocycles. The molecular formula is C10H5BrCl2N2O. The van der Waals surface area contributed by atoms with Crippen molar-refractivity contribution >= 4 is 39.1 Å². The summed E-state index contributed by atoms with van der Waals surface area (Å²) in [5.41, 5.74) is 0.197. The molecule has 0 saturated carbocycles. The largest absolute Gasteiger partial charge is 0.291 e. The molecule has 0 fully saturated rings. The van der Waals surface area contributed by atoms with Crippen LogP contribution in [0.1, 0.15) is 0 Å². The number of benzene rings is 1. The lowest BCUT2D eigenvalue weighted by molar-refractivity contribution is 0.807. The number of halogens is 3. The highest BCUT2D eigenvalue weighted by Gasteiger charge is 2.08. The average molecular weight is 320 g/mol. The minimum atomic E-state index is -0.434. The normalized spacial score (nSPS) is 10.4. The van der Waals surface area contributed by atoms with Gasteiger partial charge in [0.2, 0.25) is 0 Å². The maximum Gasteiger partial charge on any atom is 0.291 e. The van der Waals surface area contributed by atoms with E-state index in [9.17, 15) is 4.79 Å². The van der Waals surface area contributed by atoms with E-state index in [2.05, 4.69) is 21.0 Å². The van der Waals surface area contributed by atoms with E-state index in [4.69, 9.17) is 23.2 Å². The fourth-order valence-electron chi connectivity index (χ4n) is 1.18. The third kappa shape index (κ3) is 2.14. The van der Waals surface area contributed by atoms with Crippen molar-refractivity contribution < 1.29 is 0 Å². The minimum Gasteiger partial charge on any atom is -0.266 e. The molecule has 0 radical (unpaired) electrons. The van der Waals surface area contributed by atoms with Crippen molar-refractivity contribution in [2.45, 2.75) is 0 Å². The van der Waals surface area contributed by atoms with Gasteiger partial charge >= 0.3 is 0 Å². The van der Waals surface area contributed by atoms with Crippen LogP contribution in [0.3, 0.4) is 0 Å². The van der Waals surface area contributed by atoms with Gasteiger partial charge < -0.3 is 0 Å². The number of nitrogens with zero attached hydrogens (tertiary/aromatic N) is 2. The van der Waals surface area contributed by atoms with E-state index in [1.807, 2.05) is 12.1 Å². The molecule has 0 aliphatic carbocycles. The molecule has 0 bridgehead atoms. The molecule has 1 aromatic carbocycles. The number of aromatic nitrogens is 2. The first kappa shape index (κ1) is 11.6. The monoisotopic (exact) mass is 318 g/mol. The van der Waals surface area contributed by atoms with E-state index in [-0.39, 0.29) is 10.0 Å². The molecule has 0 unspecified atom stereocenters. The Bertz CT molecular complexity index is 580. The van der Waals surface area contributed by atoms with E-state index in [1.54, 1.807) is 12.1 Å². The summed E-state index contributed by atoms with van der Waals surface area (Å²) in [6.07, 6.45) is 1.34. The third-order valence-corrected chi connectivity index (χ3v) is 3.22. The third-order valence-electron chi connectivity index (χ3n) is 1.95. The van der Waals surface area contributed by atoms with Crippen LogP contribution in [0.4, 0.5) is 0 Å². The van der Waals surface area contributed by atoms with Gasteiger partial charge in [0.15, 0.2) is 0 Å². The van der Waals surface area contributed by atoms with Crippen molar-refractivity contribution in [1.82, 2.24) is 9.78 Å². The quantitative estimate of drug-likeness (QED) is 0.808. The molecule has 3 nitrogen and oxygen atoms in total. The summed E-state index contributed by atoms with van der Waals surface area (Å²) >= 11 is 14.7. The summed E-state index contributed by atoms with van der Waals surface area (Å²) in [7, 11) is 0. The molecule has 16 heavy (non-hydrogen) atoms. The highest BCUT2D eigenvalue weighted by Crippen LogP contribution is 2.17. The summed E-state index contributed by atoms with van der Waals surface area (Å²) in [6.45, 7) is 0. The molecule has 6 heteroatoms. The van der Waals surface area contributed by atoms with Gasteiger partial charge in [-0.25, -0.2) is 0 Å². The van der Waals surface area contributed by atoms with E-state index < -0.39 is 5.56 Å². The van der Waals surface area contributed by atoms with Crippen LogP contribution in [0.25, 0.3) is 5.69 Å². The van der Waals surface area contributed by atoms with Crippen molar-refractivity contribution in [1.29, 1.82) is 0 Å². The summed E-state index contributed by atoms with van der Waals surface area (Å²) in [5.74, 6) is 0. The summed E-state index contributed by atoms with van der Waals surface area (Å²) in [5, 5.41) is 4.04. The molecule has 1 heterocycles. The van der Waals surface area contributed by atoms with Crippen molar-refractivity contribution in [2.24, 2.45) is 0 Å². The number of hydrogen-bond acceptors (Lipinski definition) is 2. The van der Waals surface area contributed by atoms with Gasteiger partial charge in [-0.3, -0.25) is 4.79 Å². The molecule has 2 rings (SSSR count). The zero-order valence-electron chi connectivity index (χ0n) is 7.82. The van der Waals surface area contributed by atoms with E-state index in [0.717, 1.165) is 4.47 Å². The van der Waals surface area contributed by atoms with Gasteiger partial charge in [-0.1, -0.05) is 39.1 Å². The molecular weight excluding hydrogens is 315 g/mol. The fourth-order valence-corrected chi connectivity index (χ4v) is 1.70. The molecule has 0 saturated heterocycles. The Labute approximate surface area is 110 Å². The minimum absolute atomic E-state index is 0.0282. The smallest absolute Gasteiger partial charge is 0.266 e. The highest BCUT2D eigenvalue weighted by atomic mass is 79.9. The second kappa shape index (κ2) is 4.57. The molecule has 0 atom stereocenters. The summed E-state index contributed by atoms with van der Waals surface area (Å²) in [4.78, 5) is 11.7. The molecule has 0 spiro atoms. The van der Waals surface area contributed by atoms with Gasteiger partial charge in [-0.15, -0.1) is 0 Å². The zero-order chi connectivity index (χ0) is 11.7. The molecule has 0 aliphatic rings. The highest BCUT2D eigenvalue weighted by molar-refractivity contribution is 9.10. The van der Waals surface area contributed by atoms with Crippen LogP contribution < -0.4 is 5.56 Å². The van der Waals surface area contributed by atoms with Gasteiger partial charge in [-0.2, -0.15) is 9.78 Å². The lowest BCUT2D eigenvalue weighted by Crippen LogP contribution is -2.21. The first-order valence-corrected chi connectivity index (χ1v) is 5.84. The van der Waals surface area contributed by atoms with E-state index in [0.29, 0.717) is 5.69 Å². The van der Waals surface area contributed by atoms with Crippen molar-refractivity contribution in [3.8, 4) is 5.69 Å². The SMILES string of the molecule is O=c1c(Cl)c(Cl)cnn1-c1ccc(Br)cc1. The van der Waals surface area contributed by atoms with Gasteiger partial charge in [0, 0.05) is 4.47 Å². The molecule has 0 N–H and O–H groups in total. The van der Waals surface area contributed by atoms with Crippen LogP contribution in [0.5, 0.6) is 0 Å². The number of rotatable bonds is 1. The number of hydrogen-bond donors (Lipinski definition) is 0. The van der Waals surface area contributed by atoms with Crippen LogP contribution in [0.15, 0.2) is 39.7 Å². The zero-order valence-corrected chi connectivity index (χ0v) is 10.9. The molecule has 82 valence electrons. The van der Waals surface area contributed by atoms with Gasteiger partial charge in [0.25, 0.3) is 5.56 Å². The summed E-state index contributed by atoms with van der Waals surface area (Å²) < 4.78 is 2.12. The van der Waals surface area contributed by atoms with E-state index in [1.165, 1.54) is 10.9 Å². The second-order valence-electron chi connectivity index (χ2n) is 3.00. The van der Waals surface area contributed by atoms with Crippen molar-refractivity contribution in [2.75, 3.05) is 0 Å². The Balaban J connectivity index is 2.61. The van der Waals surface area contributed by atoms with E-state index >= 15 is 0 Å². The molecule has 2 aromatic rings. The Kier molecular flexibility index (Phi) is 3.33. The predicted octanol–water partition coefficient (Wildman–Crippen LogP) is 3.30. The predicted molar refractivity (Wildman–Crippen MR) is 67.6 cm³/mol. The standard InChI is InChI=1S/C10H5BrCl2N2O/c11-6-1-3-7(4-2-6)15-10(16)9(13)8(12)5-14-15/h1-5H. The van der Waals surface area contributed by atoms with Crippen LogP contribution in [-0.4, -0.2) is 9.78 Å². The van der Waals surface area contributed by atoms with Crippen LogP contribution >= 0.6 is 39.1 Å². The Morgan fingerprint density at radius 1 is 1.19 bits per heavy atom. The first-order valence-electron chi connectivity index (χ1n) is 4.29. The maximum absolute atomic E-state index is 11.7. The lowest BCUT2D eigenvalue weighted by atomic mass is 10.3. The second-order valence-corrected chi connectivity index (χ2v) is 4.70.